The van der Waals surface area contributed by atoms with Crippen molar-refractivity contribution >= 4 is 0 Å². The normalized spacial score (nSPS) is 22.6. The van der Waals surface area contributed by atoms with Gasteiger partial charge in [0, 0.05) is 12.6 Å². The minimum Gasteiger partial charge on any atom is -0.379 e. The van der Waals surface area contributed by atoms with Gasteiger partial charge in [0.05, 0.1) is 45.1 Å². The highest BCUT2D eigenvalue weighted by molar-refractivity contribution is 5.35. The summed E-state index contributed by atoms with van der Waals surface area (Å²) < 4.78 is 16.2. The molecule has 3 aromatic rings. The molecular weight excluding hydrogens is 462 g/mol. The molecule has 6 rings (SSSR count). The third-order valence-corrected chi connectivity index (χ3v) is 7.07. The molecule has 6 N–H and O–H groups in total. The Morgan fingerprint density at radius 2 is 1.16 bits per heavy atom. The smallest absolute Gasteiger partial charge is 0.0720 e. The Bertz CT molecular complexity index is 1080. The van der Waals surface area contributed by atoms with Gasteiger partial charge in [-0.2, -0.15) is 0 Å². The third-order valence-electron chi connectivity index (χ3n) is 7.07. The number of rotatable bonds is 0. The van der Waals surface area contributed by atoms with E-state index in [0.717, 1.165) is 39.1 Å². The maximum atomic E-state index is 5.99. The van der Waals surface area contributed by atoms with Gasteiger partial charge >= 0.3 is 0 Å². The van der Waals surface area contributed by atoms with E-state index in [0.29, 0.717) is 19.8 Å². The molecule has 198 valence electrons. The maximum Gasteiger partial charge on any atom is 0.0720 e. The molecule has 3 unspecified atom stereocenters. The molecule has 0 aromatic heterocycles. The molecule has 3 aromatic carbocycles. The SMILES string of the molecule is Cc1ccc2c(c1)C(N)COCC2.NC1CCOCc2ccccc21.NC1COCCc2ccccc21. The highest BCUT2D eigenvalue weighted by atomic mass is 16.5. The molecule has 0 spiro atoms. The quantitative estimate of drug-likeness (QED) is 0.419. The molecule has 3 aliphatic heterocycles. The monoisotopic (exact) mass is 503 g/mol. The molecule has 0 aliphatic carbocycles. The molecule has 0 amide bonds. The van der Waals surface area contributed by atoms with E-state index in [1.165, 1.54) is 38.9 Å². The molecule has 0 saturated heterocycles. The summed E-state index contributed by atoms with van der Waals surface area (Å²) in [5, 5.41) is 0. The summed E-state index contributed by atoms with van der Waals surface area (Å²) in [6.07, 6.45) is 2.91. The van der Waals surface area contributed by atoms with Crippen LogP contribution in [0, 0.1) is 6.92 Å². The van der Waals surface area contributed by atoms with Gasteiger partial charge in [-0.15, -0.1) is 0 Å². The fourth-order valence-corrected chi connectivity index (χ4v) is 4.95. The lowest BCUT2D eigenvalue weighted by molar-refractivity contribution is 0.122. The van der Waals surface area contributed by atoms with Crippen LogP contribution in [0.4, 0.5) is 0 Å². The number of nitrogens with two attached hydrogens (primary N) is 3. The molecule has 3 aliphatic rings. The molecule has 0 bridgehead atoms. The van der Waals surface area contributed by atoms with Crippen LogP contribution < -0.4 is 17.2 Å². The molecule has 0 saturated carbocycles. The fraction of sp³-hybridized carbons (Fsp3) is 0.419. The van der Waals surface area contributed by atoms with Gasteiger partial charge in [-0.3, -0.25) is 0 Å². The van der Waals surface area contributed by atoms with Gasteiger partial charge in [-0.1, -0.05) is 72.3 Å². The van der Waals surface area contributed by atoms with Crippen LogP contribution in [0.15, 0.2) is 66.7 Å². The first kappa shape index (κ1) is 27.5. The lowest BCUT2D eigenvalue weighted by Crippen LogP contribution is -2.16. The lowest BCUT2D eigenvalue weighted by Gasteiger charge is -2.12. The molecule has 3 atom stereocenters. The topological polar surface area (TPSA) is 106 Å². The summed E-state index contributed by atoms with van der Waals surface area (Å²) in [5.41, 5.74) is 26.8. The standard InChI is InChI=1S/C11H15NO.2C10H13NO/c1-8-2-3-9-4-5-13-7-11(12)10(9)6-8;11-10-5-6-12-7-8-3-1-2-4-9(8)10;11-10-7-12-6-5-8-3-1-2-4-9(8)10/h2-3,6,11H,4-5,7,12H2,1H3;2*1-4,10H,5-7,11H2. The zero-order valence-electron chi connectivity index (χ0n) is 21.9. The van der Waals surface area contributed by atoms with Crippen LogP contribution in [0.1, 0.15) is 63.5 Å². The Balaban J connectivity index is 0.000000130. The summed E-state index contributed by atoms with van der Waals surface area (Å²) in [6.45, 7) is 6.47. The van der Waals surface area contributed by atoms with E-state index in [1.807, 2.05) is 18.2 Å². The number of hydrogen-bond donors (Lipinski definition) is 3. The van der Waals surface area contributed by atoms with Crippen molar-refractivity contribution < 1.29 is 14.2 Å². The van der Waals surface area contributed by atoms with Gasteiger partial charge in [0.2, 0.25) is 0 Å². The van der Waals surface area contributed by atoms with Crippen LogP contribution in [0.25, 0.3) is 0 Å². The highest BCUT2D eigenvalue weighted by Crippen LogP contribution is 2.23. The van der Waals surface area contributed by atoms with Crippen molar-refractivity contribution in [3.05, 3.63) is 106 Å². The number of aryl methyl sites for hydroxylation is 1. The zero-order chi connectivity index (χ0) is 26.0. The number of benzene rings is 3. The first-order valence-corrected chi connectivity index (χ1v) is 13.3. The van der Waals surface area contributed by atoms with Gasteiger partial charge < -0.3 is 31.4 Å². The number of hydrogen-bond acceptors (Lipinski definition) is 6. The van der Waals surface area contributed by atoms with Crippen molar-refractivity contribution in [3.8, 4) is 0 Å². The van der Waals surface area contributed by atoms with Crippen LogP contribution in [-0.2, 0) is 33.7 Å². The van der Waals surface area contributed by atoms with E-state index in [9.17, 15) is 0 Å². The van der Waals surface area contributed by atoms with E-state index in [4.69, 9.17) is 31.4 Å². The summed E-state index contributed by atoms with van der Waals surface area (Å²) >= 11 is 0. The van der Waals surface area contributed by atoms with Crippen LogP contribution in [-0.4, -0.2) is 33.0 Å². The Kier molecular flexibility index (Phi) is 10.3. The average Bonchev–Trinajstić information content (AvgIpc) is 3.32. The molecule has 37 heavy (non-hydrogen) atoms. The van der Waals surface area contributed by atoms with Crippen molar-refractivity contribution in [3.63, 3.8) is 0 Å². The largest absolute Gasteiger partial charge is 0.379 e. The van der Waals surface area contributed by atoms with E-state index in [1.54, 1.807) is 0 Å². The van der Waals surface area contributed by atoms with Crippen LogP contribution in [0.5, 0.6) is 0 Å². The Morgan fingerprint density at radius 3 is 1.86 bits per heavy atom. The number of fused-ring (bicyclic) bond motifs is 3. The molecule has 6 heteroatoms. The summed E-state index contributed by atoms with van der Waals surface area (Å²) in [4.78, 5) is 0. The third kappa shape index (κ3) is 7.71. The molecule has 0 fully saturated rings. The number of ether oxygens (including phenoxy) is 3. The lowest BCUT2D eigenvalue weighted by atomic mass is 9.98. The van der Waals surface area contributed by atoms with Crippen molar-refractivity contribution in [2.45, 2.75) is 50.9 Å². The van der Waals surface area contributed by atoms with Gasteiger partial charge in [0.15, 0.2) is 0 Å². The Hall–Kier alpha value is -2.58. The van der Waals surface area contributed by atoms with Crippen molar-refractivity contribution in [1.82, 2.24) is 0 Å². The van der Waals surface area contributed by atoms with E-state index >= 15 is 0 Å². The second-order valence-corrected chi connectivity index (χ2v) is 9.91. The minimum atomic E-state index is 0.0531. The van der Waals surface area contributed by atoms with Crippen LogP contribution in [0.3, 0.4) is 0 Å². The summed E-state index contributed by atoms with van der Waals surface area (Å²) in [5.74, 6) is 0. The first-order chi connectivity index (χ1) is 18.0. The van der Waals surface area contributed by atoms with Crippen LogP contribution in [0.2, 0.25) is 0 Å². The van der Waals surface area contributed by atoms with Gasteiger partial charge in [0.1, 0.15) is 0 Å². The van der Waals surface area contributed by atoms with Crippen molar-refractivity contribution in [2.75, 3.05) is 33.0 Å². The van der Waals surface area contributed by atoms with Gasteiger partial charge in [-0.25, -0.2) is 0 Å². The predicted molar refractivity (Wildman–Crippen MR) is 148 cm³/mol. The van der Waals surface area contributed by atoms with Crippen LogP contribution >= 0.6 is 0 Å². The summed E-state index contributed by atoms with van der Waals surface area (Å²) in [7, 11) is 0. The van der Waals surface area contributed by atoms with Gasteiger partial charge in [-0.05, 0) is 59.6 Å². The second-order valence-electron chi connectivity index (χ2n) is 9.91. The van der Waals surface area contributed by atoms with Crippen molar-refractivity contribution in [1.29, 1.82) is 0 Å². The Labute approximate surface area is 221 Å². The maximum absolute atomic E-state index is 5.99. The average molecular weight is 504 g/mol. The molecular formula is C31H41N3O3. The Morgan fingerprint density at radius 1 is 0.595 bits per heavy atom. The van der Waals surface area contributed by atoms with E-state index in [2.05, 4.69) is 55.5 Å². The van der Waals surface area contributed by atoms with Gasteiger partial charge in [0.25, 0.3) is 0 Å². The predicted octanol–water partition coefficient (Wildman–Crippen LogP) is 4.43. The minimum absolute atomic E-state index is 0.0531. The van der Waals surface area contributed by atoms with E-state index in [-0.39, 0.29) is 18.1 Å². The first-order valence-electron chi connectivity index (χ1n) is 13.3. The highest BCUT2D eigenvalue weighted by Gasteiger charge is 2.16. The zero-order valence-corrected chi connectivity index (χ0v) is 21.9. The molecule has 6 nitrogen and oxygen atoms in total. The van der Waals surface area contributed by atoms with Crippen molar-refractivity contribution in [2.24, 2.45) is 17.2 Å². The molecule has 0 radical (unpaired) electrons. The van der Waals surface area contributed by atoms with E-state index < -0.39 is 0 Å². The molecule has 3 heterocycles. The summed E-state index contributed by atoms with van der Waals surface area (Å²) in [6, 6.07) is 23.3. The fourth-order valence-electron chi connectivity index (χ4n) is 4.95. The second kappa shape index (κ2) is 13.8.